The maximum atomic E-state index is 11.7. The number of aromatic nitrogens is 3. The monoisotopic (exact) mass is 275 g/mol. The van der Waals surface area contributed by atoms with E-state index in [1.165, 1.54) is 0 Å². The summed E-state index contributed by atoms with van der Waals surface area (Å²) in [6.45, 7) is 4.17. The van der Waals surface area contributed by atoms with E-state index in [9.17, 15) is 10.0 Å². The molecule has 7 heteroatoms. The van der Waals surface area contributed by atoms with Gasteiger partial charge in [0.05, 0.1) is 5.10 Å². The van der Waals surface area contributed by atoms with Crippen LogP contribution in [-0.2, 0) is 4.79 Å². The van der Waals surface area contributed by atoms with Gasteiger partial charge in [-0.05, 0) is 24.8 Å². The van der Waals surface area contributed by atoms with Crippen molar-refractivity contribution in [2.75, 3.05) is 11.9 Å². The maximum absolute atomic E-state index is 11.7. The minimum Gasteiger partial charge on any atom is -0.594 e. The summed E-state index contributed by atoms with van der Waals surface area (Å²) in [7, 11) is 0. The number of amides is 1. The molecule has 0 radical (unpaired) electrons. The molecule has 7 nitrogen and oxygen atoms in total. The average molecular weight is 275 g/mol. The fourth-order valence-corrected chi connectivity index (χ4v) is 1.75. The first-order valence-electron chi connectivity index (χ1n) is 6.46. The highest BCUT2D eigenvalue weighted by Gasteiger charge is 2.10. The summed E-state index contributed by atoms with van der Waals surface area (Å²) in [6, 6.07) is 7.06. The zero-order chi connectivity index (χ0) is 14.5. The molecule has 1 heterocycles. The van der Waals surface area contributed by atoms with E-state index < -0.39 is 0 Å². The number of nitrogens with zero attached hydrogens (tertiary/aromatic N) is 3. The van der Waals surface area contributed by atoms with Crippen LogP contribution in [0.4, 0.5) is 5.95 Å². The van der Waals surface area contributed by atoms with Crippen LogP contribution in [0, 0.1) is 5.21 Å². The van der Waals surface area contributed by atoms with Crippen LogP contribution in [0.1, 0.15) is 20.3 Å². The van der Waals surface area contributed by atoms with Crippen LogP contribution in [0.15, 0.2) is 24.3 Å². The molecule has 0 unspecified atom stereocenters. The third-order valence-corrected chi connectivity index (χ3v) is 2.58. The first-order chi connectivity index (χ1) is 9.56. The number of carbonyl (C=O) groups is 1. The summed E-state index contributed by atoms with van der Waals surface area (Å²) in [6.07, 6.45) is 0.299. The molecule has 20 heavy (non-hydrogen) atoms. The SMILES string of the molecule is CC(C)NC(=O)CCNc1nc2ccccc2[n+]([O-])n1. The van der Waals surface area contributed by atoms with Gasteiger partial charge >= 0.3 is 0 Å². The number of fused-ring (bicyclic) bond motifs is 1. The van der Waals surface area contributed by atoms with Gasteiger partial charge < -0.3 is 15.8 Å². The van der Waals surface area contributed by atoms with E-state index in [1.807, 2.05) is 13.8 Å². The number of hydrogen-bond donors (Lipinski definition) is 2. The lowest BCUT2D eigenvalue weighted by Crippen LogP contribution is -2.34. The van der Waals surface area contributed by atoms with Crippen molar-refractivity contribution >= 4 is 22.9 Å². The summed E-state index contributed by atoms with van der Waals surface area (Å²) in [5.74, 6) is 0.166. The number of para-hydroxylation sites is 2. The van der Waals surface area contributed by atoms with Gasteiger partial charge in [-0.3, -0.25) is 4.79 Å². The lowest BCUT2D eigenvalue weighted by atomic mass is 10.3. The molecule has 106 valence electrons. The number of nitrogens with one attached hydrogen (secondary N) is 2. The van der Waals surface area contributed by atoms with Crippen LogP contribution in [-0.4, -0.2) is 28.6 Å². The Balaban J connectivity index is 1.98. The topological polar surface area (TPSA) is 93.9 Å². The second-order valence-corrected chi connectivity index (χ2v) is 4.70. The van der Waals surface area contributed by atoms with E-state index in [0.29, 0.717) is 28.8 Å². The molecular formula is C13H17N5O2. The fourth-order valence-electron chi connectivity index (χ4n) is 1.75. The lowest BCUT2D eigenvalue weighted by molar-refractivity contribution is -0.641. The molecule has 0 saturated heterocycles. The summed E-state index contributed by atoms with van der Waals surface area (Å²) >= 11 is 0. The van der Waals surface area contributed by atoms with Crippen molar-refractivity contribution in [1.82, 2.24) is 15.4 Å². The second kappa shape index (κ2) is 6.14. The van der Waals surface area contributed by atoms with Crippen molar-refractivity contribution in [2.24, 2.45) is 0 Å². The van der Waals surface area contributed by atoms with E-state index in [4.69, 9.17) is 0 Å². The first-order valence-corrected chi connectivity index (χ1v) is 6.46. The highest BCUT2D eigenvalue weighted by Crippen LogP contribution is 2.07. The second-order valence-electron chi connectivity index (χ2n) is 4.70. The Labute approximate surface area is 116 Å². The normalized spacial score (nSPS) is 10.8. The molecule has 2 aromatic rings. The molecule has 0 saturated carbocycles. The number of rotatable bonds is 5. The van der Waals surface area contributed by atoms with Crippen LogP contribution >= 0.6 is 0 Å². The van der Waals surface area contributed by atoms with Crippen molar-refractivity contribution in [2.45, 2.75) is 26.3 Å². The number of carbonyl (C=O) groups excluding carboxylic acids is 1. The Morgan fingerprint density at radius 3 is 2.90 bits per heavy atom. The van der Waals surface area contributed by atoms with Gasteiger partial charge in [-0.25, -0.2) is 4.98 Å². The average Bonchev–Trinajstić information content (AvgIpc) is 2.38. The largest absolute Gasteiger partial charge is 0.594 e. The van der Waals surface area contributed by atoms with E-state index >= 15 is 0 Å². The van der Waals surface area contributed by atoms with E-state index in [0.717, 1.165) is 0 Å². The van der Waals surface area contributed by atoms with Gasteiger partial charge in [0.2, 0.25) is 5.91 Å². The van der Waals surface area contributed by atoms with Gasteiger partial charge in [0.1, 0.15) is 5.52 Å². The summed E-state index contributed by atoms with van der Waals surface area (Å²) < 4.78 is 0. The van der Waals surface area contributed by atoms with Gasteiger partial charge in [-0.15, -0.1) is 0 Å². The Bertz CT molecular complexity index is 615. The van der Waals surface area contributed by atoms with Crippen molar-refractivity contribution in [1.29, 1.82) is 0 Å². The molecule has 0 spiro atoms. The summed E-state index contributed by atoms with van der Waals surface area (Å²) in [5, 5.41) is 21.1. The van der Waals surface area contributed by atoms with Crippen LogP contribution in [0.25, 0.3) is 11.0 Å². The first kappa shape index (κ1) is 14.0. The Morgan fingerprint density at radius 1 is 1.40 bits per heavy atom. The summed E-state index contributed by atoms with van der Waals surface area (Å²) in [4.78, 5) is 16.2. The minimum absolute atomic E-state index is 0.0525. The Morgan fingerprint density at radius 2 is 2.15 bits per heavy atom. The third-order valence-electron chi connectivity index (χ3n) is 2.58. The van der Waals surface area contributed by atoms with Crippen molar-refractivity contribution < 1.29 is 9.64 Å². The Hall–Kier alpha value is -2.44. The highest BCUT2D eigenvalue weighted by molar-refractivity contribution is 5.76. The zero-order valence-corrected chi connectivity index (χ0v) is 11.5. The lowest BCUT2D eigenvalue weighted by Gasteiger charge is -2.08. The quantitative estimate of drug-likeness (QED) is 0.615. The highest BCUT2D eigenvalue weighted by atomic mass is 16.5. The predicted molar refractivity (Wildman–Crippen MR) is 74.9 cm³/mol. The maximum Gasteiger partial charge on any atom is 0.290 e. The van der Waals surface area contributed by atoms with Gasteiger partial charge in [0, 0.05) is 25.1 Å². The predicted octanol–water partition coefficient (Wildman–Crippen LogP) is 0.590. The van der Waals surface area contributed by atoms with E-state index in [2.05, 4.69) is 20.7 Å². The molecule has 1 amide bonds. The molecule has 1 aromatic carbocycles. The van der Waals surface area contributed by atoms with Gasteiger partial charge in [0.15, 0.2) is 0 Å². The molecular weight excluding hydrogens is 258 g/mol. The van der Waals surface area contributed by atoms with Gasteiger partial charge in [-0.2, -0.15) is 0 Å². The smallest absolute Gasteiger partial charge is 0.290 e. The van der Waals surface area contributed by atoms with Crippen LogP contribution < -0.4 is 15.5 Å². The Kier molecular flexibility index (Phi) is 4.29. The van der Waals surface area contributed by atoms with Gasteiger partial charge in [-0.1, -0.05) is 12.1 Å². The molecule has 1 aromatic heterocycles. The number of anilines is 1. The van der Waals surface area contributed by atoms with Crippen molar-refractivity contribution in [3.8, 4) is 0 Å². The third kappa shape index (κ3) is 3.53. The van der Waals surface area contributed by atoms with E-state index in [1.54, 1.807) is 24.3 Å². The molecule has 2 N–H and O–H groups in total. The minimum atomic E-state index is -0.0525. The molecule has 2 rings (SSSR count). The molecule has 0 aliphatic rings. The number of benzene rings is 1. The van der Waals surface area contributed by atoms with E-state index in [-0.39, 0.29) is 17.9 Å². The molecule has 0 aliphatic heterocycles. The standard InChI is InChI=1S/C13H17N5O2/c1-9(2)15-12(19)7-8-14-13-16-10-5-3-4-6-11(10)18(20)17-13/h3-6,9H,7-8H2,1-2H3,(H,15,19)(H,14,16,17). The van der Waals surface area contributed by atoms with Gasteiger partial charge in [0.25, 0.3) is 11.5 Å². The fraction of sp³-hybridized carbons (Fsp3) is 0.385. The summed E-state index contributed by atoms with van der Waals surface area (Å²) in [5.41, 5.74) is 0.974. The molecule has 0 aliphatic carbocycles. The van der Waals surface area contributed by atoms with Crippen LogP contribution in [0.2, 0.25) is 0 Å². The molecule has 0 bridgehead atoms. The number of hydrogen-bond acceptors (Lipinski definition) is 5. The molecule has 0 atom stereocenters. The van der Waals surface area contributed by atoms with Crippen LogP contribution in [0.3, 0.4) is 0 Å². The van der Waals surface area contributed by atoms with Crippen molar-refractivity contribution in [3.05, 3.63) is 29.5 Å². The van der Waals surface area contributed by atoms with Crippen molar-refractivity contribution in [3.63, 3.8) is 0 Å². The molecule has 0 fully saturated rings. The van der Waals surface area contributed by atoms with Crippen LogP contribution in [0.5, 0.6) is 0 Å². The zero-order valence-electron chi connectivity index (χ0n) is 11.5.